The van der Waals surface area contributed by atoms with Crippen LogP contribution in [0.1, 0.15) is 5.56 Å². The highest BCUT2D eigenvalue weighted by molar-refractivity contribution is 5.89. The van der Waals surface area contributed by atoms with E-state index in [1.165, 1.54) is 23.6 Å². The Bertz CT molecular complexity index is 872. The van der Waals surface area contributed by atoms with Crippen LogP contribution in [0, 0.1) is 12.7 Å². The lowest BCUT2D eigenvalue weighted by Crippen LogP contribution is -2.47. The average molecular weight is 322 g/mol. The standard InChI is InChI=1S/C19H19FN4/c1-14-5-2-3-8-17(14)23-9-11-24(12-10-23)19-15-6-4-7-16(20)18(15)21-13-22-19/h2-8,13H,9-12H2,1H3. The van der Waals surface area contributed by atoms with Crippen molar-refractivity contribution in [3.05, 3.63) is 60.2 Å². The highest BCUT2D eigenvalue weighted by atomic mass is 19.1. The third-order valence-corrected chi connectivity index (χ3v) is 4.63. The second-order valence-corrected chi connectivity index (χ2v) is 6.09. The summed E-state index contributed by atoms with van der Waals surface area (Å²) in [6.45, 7) is 5.70. The van der Waals surface area contributed by atoms with Crippen molar-refractivity contribution in [2.75, 3.05) is 36.0 Å². The second-order valence-electron chi connectivity index (χ2n) is 6.09. The van der Waals surface area contributed by atoms with E-state index >= 15 is 0 Å². The molecule has 1 aromatic heterocycles. The molecule has 0 atom stereocenters. The lowest BCUT2D eigenvalue weighted by molar-refractivity contribution is 0.634. The number of nitrogens with zero attached hydrogens (tertiary/aromatic N) is 4. The summed E-state index contributed by atoms with van der Waals surface area (Å²) in [7, 11) is 0. The van der Waals surface area contributed by atoms with Crippen molar-refractivity contribution < 1.29 is 4.39 Å². The van der Waals surface area contributed by atoms with Crippen molar-refractivity contribution in [2.45, 2.75) is 6.92 Å². The van der Waals surface area contributed by atoms with E-state index in [-0.39, 0.29) is 5.82 Å². The predicted molar refractivity (Wildman–Crippen MR) is 95.1 cm³/mol. The van der Waals surface area contributed by atoms with Crippen LogP contribution in [0.4, 0.5) is 15.9 Å². The van der Waals surface area contributed by atoms with Crippen LogP contribution in [-0.4, -0.2) is 36.1 Å². The SMILES string of the molecule is Cc1ccccc1N1CCN(c2ncnc3c(F)cccc23)CC1. The molecule has 0 unspecified atom stereocenters. The first-order valence-corrected chi connectivity index (χ1v) is 8.19. The fourth-order valence-corrected chi connectivity index (χ4v) is 3.37. The molecule has 2 aromatic carbocycles. The molecule has 0 spiro atoms. The van der Waals surface area contributed by atoms with Gasteiger partial charge in [0.1, 0.15) is 23.5 Å². The van der Waals surface area contributed by atoms with Crippen LogP contribution in [0.15, 0.2) is 48.8 Å². The summed E-state index contributed by atoms with van der Waals surface area (Å²) in [6.07, 6.45) is 1.45. The largest absolute Gasteiger partial charge is 0.368 e. The Hall–Kier alpha value is -2.69. The Balaban J connectivity index is 1.59. The third-order valence-electron chi connectivity index (χ3n) is 4.63. The first kappa shape index (κ1) is 14.9. The number of rotatable bonds is 2. The van der Waals surface area contributed by atoms with Gasteiger partial charge in [0.25, 0.3) is 0 Å². The molecule has 4 rings (SSSR count). The number of aromatic nitrogens is 2. The number of aryl methyl sites for hydroxylation is 1. The van der Waals surface area contributed by atoms with Gasteiger partial charge in [0.2, 0.25) is 0 Å². The maximum Gasteiger partial charge on any atom is 0.149 e. The molecule has 122 valence electrons. The highest BCUT2D eigenvalue weighted by Gasteiger charge is 2.21. The molecular weight excluding hydrogens is 303 g/mol. The third kappa shape index (κ3) is 2.56. The molecule has 24 heavy (non-hydrogen) atoms. The summed E-state index contributed by atoms with van der Waals surface area (Å²) in [4.78, 5) is 13.1. The first-order chi connectivity index (χ1) is 11.7. The van der Waals surface area contributed by atoms with Crippen LogP contribution in [0.2, 0.25) is 0 Å². The number of para-hydroxylation sites is 2. The number of benzene rings is 2. The maximum absolute atomic E-state index is 13.9. The second kappa shape index (κ2) is 6.07. The Morgan fingerprint density at radius 1 is 0.875 bits per heavy atom. The van der Waals surface area contributed by atoms with Crippen LogP contribution in [0.25, 0.3) is 10.9 Å². The van der Waals surface area contributed by atoms with Gasteiger partial charge >= 0.3 is 0 Å². The number of hydrogen-bond acceptors (Lipinski definition) is 4. The monoisotopic (exact) mass is 322 g/mol. The zero-order valence-corrected chi connectivity index (χ0v) is 13.6. The molecule has 0 amide bonds. The topological polar surface area (TPSA) is 32.3 Å². The minimum absolute atomic E-state index is 0.297. The van der Waals surface area contributed by atoms with Crippen LogP contribution in [0.5, 0.6) is 0 Å². The van der Waals surface area contributed by atoms with Crippen LogP contribution >= 0.6 is 0 Å². The van der Waals surface area contributed by atoms with Crippen LogP contribution < -0.4 is 9.80 Å². The number of anilines is 2. The molecule has 0 saturated carbocycles. The molecule has 1 aliphatic heterocycles. The zero-order chi connectivity index (χ0) is 16.5. The van der Waals surface area contributed by atoms with E-state index in [4.69, 9.17) is 0 Å². The van der Waals surface area contributed by atoms with Crippen molar-refractivity contribution in [3.8, 4) is 0 Å². The minimum atomic E-state index is -0.297. The van der Waals surface area contributed by atoms with E-state index in [2.05, 4.69) is 51.0 Å². The van der Waals surface area contributed by atoms with Gasteiger partial charge in [-0.15, -0.1) is 0 Å². The van der Waals surface area contributed by atoms with Gasteiger partial charge in [-0.25, -0.2) is 14.4 Å². The van der Waals surface area contributed by atoms with Gasteiger partial charge in [-0.1, -0.05) is 24.3 Å². The summed E-state index contributed by atoms with van der Waals surface area (Å²) in [5, 5.41) is 0.779. The average Bonchev–Trinajstić information content (AvgIpc) is 2.62. The Kier molecular flexibility index (Phi) is 3.76. The van der Waals surface area contributed by atoms with Crippen molar-refractivity contribution in [1.82, 2.24) is 9.97 Å². The molecular formula is C19H19FN4. The van der Waals surface area contributed by atoms with Crippen LogP contribution in [-0.2, 0) is 0 Å². The lowest BCUT2D eigenvalue weighted by atomic mass is 10.1. The van der Waals surface area contributed by atoms with Crippen molar-refractivity contribution in [3.63, 3.8) is 0 Å². The van der Waals surface area contributed by atoms with Gasteiger partial charge in [0.15, 0.2) is 0 Å². The summed E-state index contributed by atoms with van der Waals surface area (Å²) in [6, 6.07) is 13.5. The van der Waals surface area contributed by atoms with E-state index in [0.717, 1.165) is 37.4 Å². The van der Waals surface area contributed by atoms with Gasteiger partial charge in [0.05, 0.1) is 0 Å². The normalized spacial score (nSPS) is 15.1. The van der Waals surface area contributed by atoms with E-state index in [1.54, 1.807) is 6.07 Å². The highest BCUT2D eigenvalue weighted by Crippen LogP contribution is 2.27. The van der Waals surface area contributed by atoms with Gasteiger partial charge < -0.3 is 9.80 Å². The van der Waals surface area contributed by atoms with Crippen molar-refractivity contribution in [1.29, 1.82) is 0 Å². The molecule has 1 aliphatic rings. The van der Waals surface area contributed by atoms with Crippen molar-refractivity contribution in [2.24, 2.45) is 0 Å². The molecule has 0 N–H and O–H groups in total. The molecule has 4 nitrogen and oxygen atoms in total. The van der Waals surface area contributed by atoms with Gasteiger partial charge in [-0.2, -0.15) is 0 Å². The number of fused-ring (bicyclic) bond motifs is 1. The summed E-state index contributed by atoms with van der Waals surface area (Å²) >= 11 is 0. The fourth-order valence-electron chi connectivity index (χ4n) is 3.37. The Morgan fingerprint density at radius 2 is 1.62 bits per heavy atom. The quantitative estimate of drug-likeness (QED) is 0.724. The smallest absolute Gasteiger partial charge is 0.149 e. The van der Waals surface area contributed by atoms with E-state index < -0.39 is 0 Å². The Labute approximate surface area is 140 Å². The van der Waals surface area contributed by atoms with Gasteiger partial charge in [-0.3, -0.25) is 0 Å². The first-order valence-electron chi connectivity index (χ1n) is 8.19. The summed E-state index contributed by atoms with van der Waals surface area (Å²) in [5.41, 5.74) is 2.97. The molecule has 0 bridgehead atoms. The molecule has 5 heteroatoms. The minimum Gasteiger partial charge on any atom is -0.368 e. The van der Waals surface area contributed by atoms with E-state index in [1.807, 2.05) is 6.07 Å². The molecule has 1 fully saturated rings. The number of hydrogen-bond donors (Lipinski definition) is 0. The van der Waals surface area contributed by atoms with Crippen LogP contribution in [0.3, 0.4) is 0 Å². The number of halogens is 1. The molecule has 3 aromatic rings. The lowest BCUT2D eigenvalue weighted by Gasteiger charge is -2.37. The predicted octanol–water partition coefficient (Wildman–Crippen LogP) is 3.40. The molecule has 2 heterocycles. The zero-order valence-electron chi connectivity index (χ0n) is 13.6. The maximum atomic E-state index is 13.9. The fraction of sp³-hybridized carbons (Fsp3) is 0.263. The van der Waals surface area contributed by atoms with Gasteiger partial charge in [-0.05, 0) is 30.7 Å². The van der Waals surface area contributed by atoms with E-state index in [0.29, 0.717) is 5.52 Å². The summed E-state index contributed by atoms with van der Waals surface area (Å²) in [5.74, 6) is 0.527. The molecule has 1 saturated heterocycles. The van der Waals surface area contributed by atoms with E-state index in [9.17, 15) is 4.39 Å². The number of piperazine rings is 1. The molecule has 0 aliphatic carbocycles. The molecule has 0 radical (unpaired) electrons. The van der Waals surface area contributed by atoms with Crippen molar-refractivity contribution >= 4 is 22.4 Å². The summed E-state index contributed by atoms with van der Waals surface area (Å²) < 4.78 is 13.9. The van der Waals surface area contributed by atoms with Gasteiger partial charge in [0, 0.05) is 37.3 Å². The Morgan fingerprint density at radius 3 is 2.42 bits per heavy atom.